The highest BCUT2D eigenvalue weighted by molar-refractivity contribution is 5.94. The van der Waals surface area contributed by atoms with Gasteiger partial charge in [0.05, 0.1) is 5.69 Å². The van der Waals surface area contributed by atoms with E-state index in [9.17, 15) is 9.59 Å². The van der Waals surface area contributed by atoms with Crippen LogP contribution in [0.2, 0.25) is 0 Å². The van der Waals surface area contributed by atoms with E-state index in [2.05, 4.69) is 16.9 Å². The fourth-order valence-corrected chi connectivity index (χ4v) is 3.15. The van der Waals surface area contributed by atoms with Crippen LogP contribution in [-0.2, 0) is 14.3 Å². The minimum atomic E-state index is -0.356. The molecule has 2 amide bonds. The molecule has 3 rings (SSSR count). The van der Waals surface area contributed by atoms with E-state index in [0.29, 0.717) is 5.95 Å². The first-order chi connectivity index (χ1) is 15.0. The summed E-state index contributed by atoms with van der Waals surface area (Å²) >= 11 is 0. The number of methoxy groups -OCH3 is 1. The van der Waals surface area contributed by atoms with Crippen molar-refractivity contribution in [3.63, 3.8) is 0 Å². The second kappa shape index (κ2) is 10.4. The average Bonchev–Trinajstić information content (AvgIpc) is 3.18. The second-order valence-corrected chi connectivity index (χ2v) is 7.07. The third kappa shape index (κ3) is 5.67. The van der Waals surface area contributed by atoms with Gasteiger partial charge in [-0.15, -0.1) is 6.58 Å². The molecule has 0 aliphatic rings. The number of rotatable bonds is 9. The second-order valence-electron chi connectivity index (χ2n) is 7.07. The number of hydrogen-bond acceptors (Lipinski definition) is 4. The summed E-state index contributed by atoms with van der Waals surface area (Å²) in [4.78, 5) is 31.0. The Bertz CT molecular complexity index is 1060. The van der Waals surface area contributed by atoms with Crippen LogP contribution in [0, 0.1) is 6.92 Å². The summed E-state index contributed by atoms with van der Waals surface area (Å²) in [5, 5.41) is 2.85. The smallest absolute Gasteiger partial charge is 0.249 e. The van der Waals surface area contributed by atoms with Crippen molar-refractivity contribution in [1.29, 1.82) is 0 Å². The standard InChI is InChI=1S/C24H26N4O3/c1-4-13-27(23(30)17-31-3)16-22(29)26-24-25-21(19-10-6-5-7-11-19)15-28(24)20-12-8-9-18(2)14-20/h4-12,14-15H,1,13,16-17H2,2-3H3,(H,25,26,29). The number of anilines is 1. The molecule has 0 aliphatic carbocycles. The molecular weight excluding hydrogens is 392 g/mol. The Morgan fingerprint density at radius 3 is 2.65 bits per heavy atom. The summed E-state index contributed by atoms with van der Waals surface area (Å²) in [6.45, 7) is 5.67. The molecule has 160 valence electrons. The van der Waals surface area contributed by atoms with Crippen molar-refractivity contribution in [3.05, 3.63) is 79.0 Å². The number of nitrogens with one attached hydrogen (secondary N) is 1. The van der Waals surface area contributed by atoms with Crippen molar-refractivity contribution < 1.29 is 14.3 Å². The number of aryl methyl sites for hydroxylation is 1. The zero-order chi connectivity index (χ0) is 22.2. The van der Waals surface area contributed by atoms with E-state index in [4.69, 9.17) is 4.74 Å². The van der Waals surface area contributed by atoms with Crippen LogP contribution in [0.4, 0.5) is 5.95 Å². The highest BCUT2D eigenvalue weighted by atomic mass is 16.5. The first-order valence-corrected chi connectivity index (χ1v) is 9.91. The summed E-state index contributed by atoms with van der Waals surface area (Å²) in [5.41, 5.74) is 3.64. The maximum absolute atomic E-state index is 12.8. The van der Waals surface area contributed by atoms with Crippen molar-refractivity contribution in [1.82, 2.24) is 14.5 Å². The topological polar surface area (TPSA) is 76.5 Å². The Labute approximate surface area is 182 Å². The van der Waals surface area contributed by atoms with E-state index in [1.807, 2.05) is 72.3 Å². The van der Waals surface area contributed by atoms with E-state index in [-0.39, 0.29) is 31.5 Å². The summed E-state index contributed by atoms with van der Waals surface area (Å²) < 4.78 is 6.73. The van der Waals surface area contributed by atoms with Crippen LogP contribution < -0.4 is 5.32 Å². The number of nitrogens with zero attached hydrogens (tertiary/aromatic N) is 3. The molecule has 31 heavy (non-hydrogen) atoms. The molecule has 0 saturated heterocycles. The predicted octanol–water partition coefficient (Wildman–Crippen LogP) is 3.45. The highest BCUT2D eigenvalue weighted by Gasteiger charge is 2.19. The van der Waals surface area contributed by atoms with Gasteiger partial charge in [0.1, 0.15) is 13.2 Å². The first-order valence-electron chi connectivity index (χ1n) is 9.91. The Balaban J connectivity index is 1.90. The number of hydrogen-bond donors (Lipinski definition) is 1. The fraction of sp³-hybridized carbons (Fsp3) is 0.208. The molecule has 0 radical (unpaired) electrons. The monoisotopic (exact) mass is 418 g/mol. The lowest BCUT2D eigenvalue weighted by molar-refractivity contribution is -0.137. The van der Waals surface area contributed by atoms with Gasteiger partial charge in [-0.05, 0) is 24.6 Å². The number of benzene rings is 2. The van der Waals surface area contributed by atoms with Gasteiger partial charge in [0.2, 0.25) is 17.8 Å². The molecule has 0 atom stereocenters. The third-order valence-corrected chi connectivity index (χ3v) is 4.61. The van der Waals surface area contributed by atoms with E-state index in [1.165, 1.54) is 12.0 Å². The van der Waals surface area contributed by atoms with Crippen LogP contribution in [0.1, 0.15) is 5.56 Å². The van der Waals surface area contributed by atoms with Crippen LogP contribution >= 0.6 is 0 Å². The number of amides is 2. The van der Waals surface area contributed by atoms with Gasteiger partial charge in [-0.25, -0.2) is 4.98 Å². The molecule has 1 heterocycles. The molecular formula is C24H26N4O3. The van der Waals surface area contributed by atoms with Crippen molar-refractivity contribution in [3.8, 4) is 16.9 Å². The summed E-state index contributed by atoms with van der Waals surface area (Å²) in [6.07, 6.45) is 3.46. The highest BCUT2D eigenvalue weighted by Crippen LogP contribution is 2.24. The third-order valence-electron chi connectivity index (χ3n) is 4.61. The normalized spacial score (nSPS) is 10.5. The van der Waals surface area contributed by atoms with Gasteiger partial charge in [-0.3, -0.25) is 19.5 Å². The zero-order valence-electron chi connectivity index (χ0n) is 17.7. The maximum atomic E-state index is 12.8. The van der Waals surface area contributed by atoms with Gasteiger partial charge in [0.25, 0.3) is 0 Å². The van der Waals surface area contributed by atoms with Gasteiger partial charge in [0.15, 0.2) is 0 Å². The van der Waals surface area contributed by atoms with Crippen LogP contribution in [0.3, 0.4) is 0 Å². The van der Waals surface area contributed by atoms with Crippen LogP contribution in [0.25, 0.3) is 16.9 Å². The Kier molecular flexibility index (Phi) is 7.35. The van der Waals surface area contributed by atoms with Gasteiger partial charge in [0, 0.05) is 31.1 Å². The quantitative estimate of drug-likeness (QED) is 0.540. The average molecular weight is 418 g/mol. The van der Waals surface area contributed by atoms with E-state index in [0.717, 1.165) is 22.5 Å². The molecule has 0 bridgehead atoms. The SMILES string of the molecule is C=CCN(CC(=O)Nc1nc(-c2ccccc2)cn1-c1cccc(C)c1)C(=O)COC. The molecule has 0 fully saturated rings. The molecule has 7 nitrogen and oxygen atoms in total. The van der Waals surface area contributed by atoms with Gasteiger partial charge in [-0.2, -0.15) is 0 Å². The van der Waals surface area contributed by atoms with Crippen molar-refractivity contribution in [2.24, 2.45) is 0 Å². The first kappa shape index (κ1) is 22.0. The summed E-state index contributed by atoms with van der Waals surface area (Å²) in [6, 6.07) is 17.7. The molecule has 3 aromatic rings. The Hall–Kier alpha value is -3.71. The van der Waals surface area contributed by atoms with E-state index >= 15 is 0 Å². The van der Waals surface area contributed by atoms with Crippen LogP contribution in [-0.4, -0.2) is 53.1 Å². The molecule has 0 saturated carbocycles. The van der Waals surface area contributed by atoms with Crippen LogP contribution in [0.5, 0.6) is 0 Å². The largest absolute Gasteiger partial charge is 0.375 e. The number of aromatic nitrogens is 2. The zero-order valence-corrected chi connectivity index (χ0v) is 17.7. The molecule has 0 unspecified atom stereocenters. The van der Waals surface area contributed by atoms with Crippen LogP contribution in [0.15, 0.2) is 73.4 Å². The molecule has 0 spiro atoms. The minimum absolute atomic E-state index is 0.100. The number of carbonyl (C=O) groups excluding carboxylic acids is 2. The van der Waals surface area contributed by atoms with Crippen molar-refractivity contribution in [2.45, 2.75) is 6.92 Å². The van der Waals surface area contributed by atoms with Gasteiger partial charge < -0.3 is 9.64 Å². The number of imidazole rings is 1. The number of ether oxygens (including phenoxy) is 1. The lowest BCUT2D eigenvalue weighted by atomic mass is 10.2. The maximum Gasteiger partial charge on any atom is 0.249 e. The molecule has 7 heteroatoms. The van der Waals surface area contributed by atoms with E-state index < -0.39 is 0 Å². The number of carbonyl (C=O) groups is 2. The Morgan fingerprint density at radius 2 is 1.97 bits per heavy atom. The summed E-state index contributed by atoms with van der Waals surface area (Å²) in [5.74, 6) is -0.262. The fourth-order valence-electron chi connectivity index (χ4n) is 3.15. The minimum Gasteiger partial charge on any atom is -0.375 e. The predicted molar refractivity (Wildman–Crippen MR) is 121 cm³/mol. The van der Waals surface area contributed by atoms with Gasteiger partial charge >= 0.3 is 0 Å². The molecule has 1 aromatic heterocycles. The Morgan fingerprint density at radius 1 is 1.19 bits per heavy atom. The van der Waals surface area contributed by atoms with Crippen molar-refractivity contribution in [2.75, 3.05) is 32.1 Å². The van der Waals surface area contributed by atoms with E-state index in [1.54, 1.807) is 6.08 Å². The molecule has 0 aliphatic heterocycles. The lowest BCUT2D eigenvalue weighted by Crippen LogP contribution is -2.40. The molecule has 2 aromatic carbocycles. The summed E-state index contributed by atoms with van der Waals surface area (Å²) in [7, 11) is 1.44. The molecule has 1 N–H and O–H groups in total. The van der Waals surface area contributed by atoms with Crippen molar-refractivity contribution >= 4 is 17.8 Å². The lowest BCUT2D eigenvalue weighted by Gasteiger charge is -2.20. The van der Waals surface area contributed by atoms with Gasteiger partial charge in [-0.1, -0.05) is 48.5 Å².